The summed E-state index contributed by atoms with van der Waals surface area (Å²) in [6.07, 6.45) is 4.15. The Balaban J connectivity index is 0.00000196. The average Bonchev–Trinajstić information content (AvgIpc) is 3.33. The van der Waals surface area contributed by atoms with Gasteiger partial charge in [-0.3, -0.25) is 14.9 Å². The maximum Gasteiger partial charge on any atom is 0.272 e. The highest BCUT2D eigenvalue weighted by Crippen LogP contribution is 2.20. The fourth-order valence-corrected chi connectivity index (χ4v) is 3.57. The van der Waals surface area contributed by atoms with Crippen molar-refractivity contribution in [3.63, 3.8) is 0 Å². The molecule has 8 heteroatoms. The molecule has 4 N–H and O–H groups in total. The Hall–Kier alpha value is -1.93. The molecule has 0 bridgehead atoms. The van der Waals surface area contributed by atoms with Crippen LogP contribution in [0.5, 0.6) is 0 Å². The van der Waals surface area contributed by atoms with Gasteiger partial charge in [0.1, 0.15) is 5.69 Å². The van der Waals surface area contributed by atoms with Crippen molar-refractivity contribution in [2.45, 2.75) is 31.0 Å². The fraction of sp³-hybridized carbons (Fsp3) is 0.444. The highest BCUT2D eigenvalue weighted by molar-refractivity contribution is 5.92. The standard InChI is InChI=1S/C18H24N6O.ClH/c25-18(15-8-10-24(23-15)14-7-4-9-19-11-14)21-16-12-20-22-17(16)13-5-2-1-3-6-13;/h1-3,5-6,8,10,14,16-17,19-20,22H,4,7,9,11-12H2,(H,21,25);1H. The molecule has 26 heavy (non-hydrogen) atoms. The van der Waals surface area contributed by atoms with Crippen LogP contribution in [0.15, 0.2) is 42.6 Å². The molecule has 0 aliphatic carbocycles. The van der Waals surface area contributed by atoms with Gasteiger partial charge in [0, 0.05) is 19.3 Å². The first-order chi connectivity index (χ1) is 12.3. The number of carbonyl (C=O) groups excluding carboxylic acids is 1. The van der Waals surface area contributed by atoms with Gasteiger partial charge in [0.25, 0.3) is 5.91 Å². The molecule has 0 saturated carbocycles. The van der Waals surface area contributed by atoms with Crippen molar-refractivity contribution in [3.05, 3.63) is 53.9 Å². The number of piperidine rings is 1. The van der Waals surface area contributed by atoms with Gasteiger partial charge in [-0.05, 0) is 31.0 Å². The Kier molecular flexibility index (Phi) is 6.26. The molecule has 4 rings (SSSR count). The van der Waals surface area contributed by atoms with Crippen molar-refractivity contribution < 1.29 is 4.79 Å². The van der Waals surface area contributed by atoms with Crippen LogP contribution in [-0.2, 0) is 0 Å². The zero-order valence-corrected chi connectivity index (χ0v) is 15.3. The van der Waals surface area contributed by atoms with E-state index in [4.69, 9.17) is 0 Å². The zero-order chi connectivity index (χ0) is 17.1. The van der Waals surface area contributed by atoms with Gasteiger partial charge in [-0.2, -0.15) is 5.10 Å². The number of hydrogen-bond acceptors (Lipinski definition) is 5. The number of amides is 1. The van der Waals surface area contributed by atoms with Crippen molar-refractivity contribution in [1.29, 1.82) is 0 Å². The summed E-state index contributed by atoms with van der Waals surface area (Å²) in [5, 5.41) is 11.0. The third-order valence-electron chi connectivity index (χ3n) is 4.94. The van der Waals surface area contributed by atoms with E-state index in [2.05, 4.69) is 38.7 Å². The summed E-state index contributed by atoms with van der Waals surface area (Å²) in [4.78, 5) is 12.6. The number of hydrogen-bond donors (Lipinski definition) is 4. The highest BCUT2D eigenvalue weighted by atomic mass is 35.5. The van der Waals surface area contributed by atoms with Crippen molar-refractivity contribution in [2.75, 3.05) is 19.6 Å². The Morgan fingerprint density at radius 1 is 1.19 bits per heavy atom. The maximum atomic E-state index is 12.6. The van der Waals surface area contributed by atoms with Crippen LogP contribution >= 0.6 is 12.4 Å². The predicted octanol–water partition coefficient (Wildman–Crippen LogP) is 1.18. The van der Waals surface area contributed by atoms with E-state index >= 15 is 0 Å². The molecule has 3 heterocycles. The summed E-state index contributed by atoms with van der Waals surface area (Å²) < 4.78 is 1.92. The minimum absolute atomic E-state index is 0. The zero-order valence-electron chi connectivity index (χ0n) is 14.5. The lowest BCUT2D eigenvalue weighted by molar-refractivity contribution is 0.0929. The van der Waals surface area contributed by atoms with E-state index in [0.29, 0.717) is 18.3 Å². The molecule has 0 radical (unpaired) electrons. The topological polar surface area (TPSA) is 83.0 Å². The summed E-state index contributed by atoms with van der Waals surface area (Å²) >= 11 is 0. The number of rotatable bonds is 4. The lowest BCUT2D eigenvalue weighted by Gasteiger charge is -2.23. The van der Waals surface area contributed by atoms with Gasteiger partial charge in [-0.1, -0.05) is 30.3 Å². The van der Waals surface area contributed by atoms with Gasteiger partial charge in [0.05, 0.1) is 18.1 Å². The highest BCUT2D eigenvalue weighted by Gasteiger charge is 2.30. The molecule has 7 nitrogen and oxygen atoms in total. The minimum atomic E-state index is -0.126. The number of hydrazine groups is 1. The Labute approximate surface area is 159 Å². The second-order valence-corrected chi connectivity index (χ2v) is 6.67. The van der Waals surface area contributed by atoms with Crippen LogP contribution in [0.25, 0.3) is 0 Å². The Bertz CT molecular complexity index is 715. The van der Waals surface area contributed by atoms with Crippen LogP contribution in [0.4, 0.5) is 0 Å². The van der Waals surface area contributed by atoms with E-state index < -0.39 is 0 Å². The molecule has 0 spiro atoms. The van der Waals surface area contributed by atoms with Crippen LogP contribution < -0.4 is 21.5 Å². The minimum Gasteiger partial charge on any atom is -0.345 e. The van der Waals surface area contributed by atoms with E-state index in [1.807, 2.05) is 29.1 Å². The van der Waals surface area contributed by atoms with Gasteiger partial charge in [0.2, 0.25) is 0 Å². The first-order valence-electron chi connectivity index (χ1n) is 8.91. The molecule has 1 aromatic carbocycles. The number of halogens is 1. The number of aromatic nitrogens is 2. The summed E-state index contributed by atoms with van der Waals surface area (Å²) in [5.41, 5.74) is 8.00. The number of carbonyl (C=O) groups is 1. The molecule has 2 fully saturated rings. The van der Waals surface area contributed by atoms with Crippen LogP contribution in [0.3, 0.4) is 0 Å². The van der Waals surface area contributed by atoms with E-state index in [0.717, 1.165) is 31.5 Å². The lowest BCUT2D eigenvalue weighted by atomic mass is 10.0. The van der Waals surface area contributed by atoms with E-state index in [9.17, 15) is 4.79 Å². The van der Waals surface area contributed by atoms with Crippen LogP contribution in [-0.4, -0.2) is 41.4 Å². The summed E-state index contributed by atoms with van der Waals surface area (Å²) in [7, 11) is 0. The van der Waals surface area contributed by atoms with Gasteiger partial charge in [0.15, 0.2) is 0 Å². The van der Waals surface area contributed by atoms with Gasteiger partial charge in [-0.15, -0.1) is 12.4 Å². The second-order valence-electron chi connectivity index (χ2n) is 6.67. The van der Waals surface area contributed by atoms with Crippen LogP contribution in [0, 0.1) is 0 Å². The third kappa shape index (κ3) is 4.07. The van der Waals surface area contributed by atoms with Crippen LogP contribution in [0.2, 0.25) is 0 Å². The molecule has 2 aliphatic rings. The van der Waals surface area contributed by atoms with Crippen molar-refractivity contribution in [1.82, 2.24) is 31.3 Å². The molecule has 140 valence electrons. The van der Waals surface area contributed by atoms with Crippen LogP contribution in [0.1, 0.15) is 41.0 Å². The second kappa shape index (κ2) is 8.64. The average molecular weight is 377 g/mol. The molecule has 2 saturated heterocycles. The Morgan fingerprint density at radius 3 is 2.81 bits per heavy atom. The number of nitrogens with zero attached hydrogens (tertiary/aromatic N) is 2. The quantitative estimate of drug-likeness (QED) is 0.644. The Morgan fingerprint density at radius 2 is 2.04 bits per heavy atom. The molecule has 1 aromatic heterocycles. The molecule has 2 aromatic rings. The molecule has 3 atom stereocenters. The monoisotopic (exact) mass is 376 g/mol. The third-order valence-corrected chi connectivity index (χ3v) is 4.94. The summed E-state index contributed by atoms with van der Waals surface area (Å²) in [6.45, 7) is 2.65. The molecule has 3 unspecified atom stereocenters. The maximum absolute atomic E-state index is 12.6. The van der Waals surface area contributed by atoms with Gasteiger partial charge < -0.3 is 10.6 Å². The SMILES string of the molecule is Cl.O=C(NC1CNNC1c1ccccc1)c1ccn(C2CCCNC2)n1. The van der Waals surface area contributed by atoms with Crippen molar-refractivity contribution in [3.8, 4) is 0 Å². The molecular formula is C18H25ClN6O. The molecule has 1 amide bonds. The van der Waals surface area contributed by atoms with E-state index in [1.54, 1.807) is 6.07 Å². The first kappa shape index (κ1) is 18.8. The van der Waals surface area contributed by atoms with E-state index in [1.165, 1.54) is 0 Å². The number of benzene rings is 1. The smallest absolute Gasteiger partial charge is 0.272 e. The first-order valence-corrected chi connectivity index (χ1v) is 8.91. The molecule has 2 aliphatic heterocycles. The van der Waals surface area contributed by atoms with Crippen molar-refractivity contribution >= 4 is 18.3 Å². The normalized spacial score (nSPS) is 25.5. The summed E-state index contributed by atoms with van der Waals surface area (Å²) in [6, 6.07) is 12.3. The largest absolute Gasteiger partial charge is 0.345 e. The lowest BCUT2D eigenvalue weighted by Crippen LogP contribution is -2.40. The van der Waals surface area contributed by atoms with Crippen molar-refractivity contribution in [2.24, 2.45) is 0 Å². The summed E-state index contributed by atoms with van der Waals surface area (Å²) in [5.74, 6) is -0.126. The number of nitrogens with one attached hydrogen (secondary N) is 4. The van der Waals surface area contributed by atoms with E-state index in [-0.39, 0.29) is 30.4 Å². The molecular weight excluding hydrogens is 352 g/mol. The fourth-order valence-electron chi connectivity index (χ4n) is 3.57. The van der Waals surface area contributed by atoms with Gasteiger partial charge >= 0.3 is 0 Å². The predicted molar refractivity (Wildman–Crippen MR) is 102 cm³/mol. The van der Waals surface area contributed by atoms with Gasteiger partial charge in [-0.25, -0.2) is 5.43 Å².